The van der Waals surface area contributed by atoms with Crippen molar-refractivity contribution in [1.29, 1.82) is 0 Å². The Morgan fingerprint density at radius 1 is 1.10 bits per heavy atom. The summed E-state index contributed by atoms with van der Waals surface area (Å²) in [5, 5.41) is 10.7. The molecule has 0 heterocycles. The second kappa shape index (κ2) is 6.42. The summed E-state index contributed by atoms with van der Waals surface area (Å²) in [7, 11) is 0. The lowest BCUT2D eigenvalue weighted by atomic mass is 9.97. The van der Waals surface area contributed by atoms with Crippen molar-refractivity contribution in [2.75, 3.05) is 6.61 Å². The summed E-state index contributed by atoms with van der Waals surface area (Å²) in [6, 6.07) is 11.8. The first kappa shape index (κ1) is 15.1. The minimum absolute atomic E-state index is 0.578. The van der Waals surface area contributed by atoms with Crippen LogP contribution in [0.4, 0.5) is 0 Å². The number of halogens is 1. The van der Waals surface area contributed by atoms with Gasteiger partial charge in [-0.1, -0.05) is 45.3 Å². The molecule has 0 radical (unpaired) electrons. The molecule has 1 unspecified atom stereocenters. The third kappa shape index (κ3) is 3.41. The monoisotopic (exact) mass is 334 g/mol. The van der Waals surface area contributed by atoms with Gasteiger partial charge in [0.2, 0.25) is 0 Å². The minimum Gasteiger partial charge on any atom is -0.493 e. The summed E-state index contributed by atoms with van der Waals surface area (Å²) in [5.41, 5.74) is 3.96. The molecule has 1 N–H and O–H groups in total. The van der Waals surface area contributed by atoms with E-state index in [-0.39, 0.29) is 0 Å². The van der Waals surface area contributed by atoms with E-state index < -0.39 is 6.10 Å². The number of ether oxygens (including phenoxy) is 1. The van der Waals surface area contributed by atoms with Gasteiger partial charge in [0.15, 0.2) is 0 Å². The smallest absolute Gasteiger partial charge is 0.125 e. The van der Waals surface area contributed by atoms with Crippen LogP contribution in [0.5, 0.6) is 5.75 Å². The average Bonchev–Trinajstić information content (AvgIpc) is 2.39. The standard InChI is InChI=1S/C17H19BrO2/c1-4-20-16-6-5-14(18)10-15(16)17(19)13-8-11(2)7-12(3)9-13/h5-10,17,19H,4H2,1-3H3. The van der Waals surface area contributed by atoms with Crippen molar-refractivity contribution in [1.82, 2.24) is 0 Å². The van der Waals surface area contributed by atoms with Gasteiger partial charge in [-0.15, -0.1) is 0 Å². The highest BCUT2D eigenvalue weighted by Crippen LogP contribution is 2.33. The Morgan fingerprint density at radius 3 is 2.35 bits per heavy atom. The van der Waals surface area contributed by atoms with Crippen LogP contribution in [0.25, 0.3) is 0 Å². The number of benzene rings is 2. The van der Waals surface area contributed by atoms with Crippen LogP contribution < -0.4 is 4.74 Å². The molecule has 0 saturated heterocycles. The number of aliphatic hydroxyl groups excluding tert-OH is 1. The minimum atomic E-state index is -0.687. The van der Waals surface area contributed by atoms with Gasteiger partial charge in [0.25, 0.3) is 0 Å². The van der Waals surface area contributed by atoms with E-state index in [1.165, 1.54) is 0 Å². The van der Waals surface area contributed by atoms with Gasteiger partial charge in [-0.25, -0.2) is 0 Å². The highest BCUT2D eigenvalue weighted by molar-refractivity contribution is 9.10. The zero-order valence-corrected chi connectivity index (χ0v) is 13.6. The van der Waals surface area contributed by atoms with Crippen molar-refractivity contribution >= 4 is 15.9 Å². The molecular formula is C17H19BrO2. The van der Waals surface area contributed by atoms with Crippen molar-refractivity contribution in [3.8, 4) is 5.75 Å². The third-order valence-corrected chi connectivity index (χ3v) is 3.62. The molecular weight excluding hydrogens is 316 g/mol. The Balaban J connectivity index is 2.46. The Labute approximate surface area is 128 Å². The number of hydrogen-bond donors (Lipinski definition) is 1. The number of aliphatic hydroxyl groups is 1. The van der Waals surface area contributed by atoms with Gasteiger partial charge in [-0.2, -0.15) is 0 Å². The lowest BCUT2D eigenvalue weighted by molar-refractivity contribution is 0.211. The molecule has 0 amide bonds. The number of rotatable bonds is 4. The van der Waals surface area contributed by atoms with Crippen LogP contribution in [0.15, 0.2) is 40.9 Å². The van der Waals surface area contributed by atoms with E-state index in [2.05, 4.69) is 22.0 Å². The highest BCUT2D eigenvalue weighted by Gasteiger charge is 2.16. The molecule has 2 nitrogen and oxygen atoms in total. The predicted octanol–water partition coefficient (Wildman–Crippen LogP) is 4.55. The van der Waals surface area contributed by atoms with E-state index in [0.29, 0.717) is 6.61 Å². The fourth-order valence-corrected chi connectivity index (χ4v) is 2.75. The lowest BCUT2D eigenvalue weighted by Crippen LogP contribution is -2.05. The van der Waals surface area contributed by atoms with Crippen LogP contribution in [0.1, 0.15) is 35.3 Å². The molecule has 0 aliphatic rings. The van der Waals surface area contributed by atoms with E-state index in [9.17, 15) is 5.11 Å². The molecule has 0 aliphatic heterocycles. The molecule has 0 aliphatic carbocycles. The van der Waals surface area contributed by atoms with Crippen molar-refractivity contribution in [3.63, 3.8) is 0 Å². The second-order valence-electron chi connectivity index (χ2n) is 4.94. The normalized spacial score (nSPS) is 12.2. The van der Waals surface area contributed by atoms with Crippen LogP contribution in [-0.4, -0.2) is 11.7 Å². The Kier molecular flexibility index (Phi) is 4.84. The van der Waals surface area contributed by atoms with Crippen molar-refractivity contribution in [2.24, 2.45) is 0 Å². The summed E-state index contributed by atoms with van der Waals surface area (Å²) in [6.07, 6.45) is -0.687. The first-order valence-corrected chi connectivity index (χ1v) is 7.49. The zero-order chi connectivity index (χ0) is 14.7. The Morgan fingerprint density at radius 2 is 1.75 bits per heavy atom. The largest absolute Gasteiger partial charge is 0.493 e. The maximum absolute atomic E-state index is 10.7. The van der Waals surface area contributed by atoms with E-state index in [1.54, 1.807) is 0 Å². The van der Waals surface area contributed by atoms with Crippen LogP contribution in [0, 0.1) is 13.8 Å². The third-order valence-electron chi connectivity index (χ3n) is 3.13. The summed E-state index contributed by atoms with van der Waals surface area (Å²) in [6.45, 7) is 6.59. The van der Waals surface area contributed by atoms with Gasteiger partial charge in [0, 0.05) is 10.0 Å². The Hall–Kier alpha value is -1.32. The topological polar surface area (TPSA) is 29.5 Å². The quantitative estimate of drug-likeness (QED) is 0.888. The summed E-state index contributed by atoms with van der Waals surface area (Å²) < 4.78 is 6.54. The van der Waals surface area contributed by atoms with Crippen molar-refractivity contribution in [2.45, 2.75) is 26.9 Å². The molecule has 0 saturated carbocycles. The summed E-state index contributed by atoms with van der Waals surface area (Å²) in [5.74, 6) is 0.724. The van der Waals surface area contributed by atoms with Gasteiger partial charge in [-0.3, -0.25) is 0 Å². The van der Waals surface area contributed by atoms with E-state index in [0.717, 1.165) is 32.5 Å². The molecule has 2 aromatic rings. The number of aryl methyl sites for hydroxylation is 2. The molecule has 2 rings (SSSR count). The second-order valence-corrected chi connectivity index (χ2v) is 5.85. The van der Waals surface area contributed by atoms with Gasteiger partial charge in [0.05, 0.1) is 6.61 Å². The first-order valence-electron chi connectivity index (χ1n) is 6.69. The van der Waals surface area contributed by atoms with Crippen LogP contribution in [0.3, 0.4) is 0 Å². The van der Waals surface area contributed by atoms with Crippen LogP contribution in [-0.2, 0) is 0 Å². The SMILES string of the molecule is CCOc1ccc(Br)cc1C(O)c1cc(C)cc(C)c1. The fraction of sp³-hybridized carbons (Fsp3) is 0.294. The van der Waals surface area contributed by atoms with Gasteiger partial charge < -0.3 is 9.84 Å². The lowest BCUT2D eigenvalue weighted by Gasteiger charge is -2.17. The summed E-state index contributed by atoms with van der Waals surface area (Å²) in [4.78, 5) is 0. The maximum atomic E-state index is 10.7. The molecule has 20 heavy (non-hydrogen) atoms. The van der Waals surface area contributed by atoms with Gasteiger partial charge in [-0.05, 0) is 44.5 Å². The number of hydrogen-bond acceptors (Lipinski definition) is 2. The fourth-order valence-electron chi connectivity index (χ4n) is 2.37. The Bertz CT molecular complexity index is 588. The zero-order valence-electron chi connectivity index (χ0n) is 12.0. The van der Waals surface area contributed by atoms with Crippen molar-refractivity contribution < 1.29 is 9.84 Å². The van der Waals surface area contributed by atoms with Gasteiger partial charge >= 0.3 is 0 Å². The average molecular weight is 335 g/mol. The highest BCUT2D eigenvalue weighted by atomic mass is 79.9. The molecule has 106 valence electrons. The first-order chi connectivity index (χ1) is 9.51. The molecule has 0 spiro atoms. The molecule has 0 fully saturated rings. The van der Waals surface area contributed by atoms with Crippen LogP contribution in [0.2, 0.25) is 0 Å². The predicted molar refractivity (Wildman–Crippen MR) is 85.3 cm³/mol. The molecule has 2 aromatic carbocycles. The maximum Gasteiger partial charge on any atom is 0.125 e. The molecule has 3 heteroatoms. The summed E-state index contributed by atoms with van der Waals surface area (Å²) >= 11 is 3.45. The van der Waals surface area contributed by atoms with E-state index >= 15 is 0 Å². The molecule has 0 aromatic heterocycles. The van der Waals surface area contributed by atoms with E-state index in [4.69, 9.17) is 4.74 Å². The molecule has 0 bridgehead atoms. The van der Waals surface area contributed by atoms with Crippen LogP contribution >= 0.6 is 15.9 Å². The van der Waals surface area contributed by atoms with Crippen molar-refractivity contribution in [3.05, 3.63) is 63.1 Å². The van der Waals surface area contributed by atoms with Gasteiger partial charge in [0.1, 0.15) is 11.9 Å². The van der Waals surface area contributed by atoms with E-state index in [1.807, 2.05) is 51.1 Å². The molecule has 1 atom stereocenters.